The third-order valence-corrected chi connectivity index (χ3v) is 6.90. The Morgan fingerprint density at radius 1 is 0.600 bits per heavy atom. The summed E-state index contributed by atoms with van der Waals surface area (Å²) in [6.07, 6.45) is -21.2. The normalized spacial score (nSPS) is 46.0. The van der Waals surface area contributed by atoms with E-state index < -0.39 is 124 Å². The molecule has 0 unspecified atom stereocenters. The van der Waals surface area contributed by atoms with E-state index in [2.05, 4.69) is 10.6 Å². The number of carbonyl (C=O) groups excluding carboxylic acids is 2. The number of carbonyl (C=O) groups is 2. The van der Waals surface area contributed by atoms with E-state index in [4.69, 9.17) is 23.7 Å². The van der Waals surface area contributed by atoms with Gasteiger partial charge in [-0.15, -0.1) is 0 Å². The van der Waals surface area contributed by atoms with Gasteiger partial charge in [-0.2, -0.15) is 0 Å². The highest BCUT2D eigenvalue weighted by molar-refractivity contribution is 5.73. The van der Waals surface area contributed by atoms with Gasteiger partial charge in [-0.3, -0.25) is 9.59 Å². The van der Waals surface area contributed by atoms with E-state index in [9.17, 15) is 55.5 Å². The number of aliphatic hydroxyl groups excluding tert-OH is 9. The molecule has 0 aliphatic carbocycles. The number of hydrogen-bond acceptors (Lipinski definition) is 16. The molecule has 0 aromatic rings. The molecule has 232 valence electrons. The maximum absolute atomic E-state index is 11.7. The molecular formula is C22H38N2O16. The van der Waals surface area contributed by atoms with E-state index >= 15 is 0 Å². The molecule has 3 aliphatic heterocycles. The first-order chi connectivity index (χ1) is 18.8. The van der Waals surface area contributed by atoms with Gasteiger partial charge in [0, 0.05) is 13.8 Å². The molecule has 3 fully saturated rings. The Morgan fingerprint density at radius 2 is 1.10 bits per heavy atom. The van der Waals surface area contributed by atoms with Crippen LogP contribution in [0.2, 0.25) is 0 Å². The third-order valence-electron chi connectivity index (χ3n) is 6.90. The number of hydrogen-bond donors (Lipinski definition) is 11. The first-order valence-corrected chi connectivity index (χ1v) is 12.6. The van der Waals surface area contributed by atoms with Crippen molar-refractivity contribution in [3.05, 3.63) is 0 Å². The van der Waals surface area contributed by atoms with Gasteiger partial charge in [0.15, 0.2) is 18.9 Å². The predicted molar refractivity (Wildman–Crippen MR) is 124 cm³/mol. The van der Waals surface area contributed by atoms with Crippen molar-refractivity contribution in [3.63, 3.8) is 0 Å². The van der Waals surface area contributed by atoms with Crippen LogP contribution >= 0.6 is 0 Å². The first-order valence-electron chi connectivity index (χ1n) is 12.6. The lowest BCUT2D eigenvalue weighted by molar-refractivity contribution is -0.364. The quantitative estimate of drug-likeness (QED) is 0.120. The fourth-order valence-electron chi connectivity index (χ4n) is 4.86. The molecule has 18 nitrogen and oxygen atoms in total. The highest BCUT2D eigenvalue weighted by atomic mass is 16.7. The number of ether oxygens (including phenoxy) is 5. The lowest BCUT2D eigenvalue weighted by Gasteiger charge is -2.49. The summed E-state index contributed by atoms with van der Waals surface area (Å²) in [5.74, 6) is -1.28. The van der Waals surface area contributed by atoms with Gasteiger partial charge in [0.25, 0.3) is 0 Å². The molecule has 3 aliphatic rings. The van der Waals surface area contributed by atoms with Gasteiger partial charge in [-0.05, 0) is 0 Å². The summed E-state index contributed by atoms with van der Waals surface area (Å²) in [5, 5.41) is 96.9. The molecule has 11 N–H and O–H groups in total. The second-order valence-electron chi connectivity index (χ2n) is 9.81. The lowest BCUT2D eigenvalue weighted by atomic mass is 9.94. The number of rotatable bonds is 9. The van der Waals surface area contributed by atoms with E-state index in [1.54, 1.807) is 0 Å². The molecule has 0 aromatic carbocycles. The minimum absolute atomic E-state index is 0.641. The molecule has 0 saturated carbocycles. The Balaban J connectivity index is 1.81. The maximum Gasteiger partial charge on any atom is 0.217 e. The van der Waals surface area contributed by atoms with Crippen LogP contribution in [0.25, 0.3) is 0 Å². The third kappa shape index (κ3) is 7.05. The van der Waals surface area contributed by atoms with E-state index in [-0.39, 0.29) is 0 Å². The number of nitrogens with one attached hydrogen (secondary N) is 2. The minimum Gasteiger partial charge on any atom is -0.394 e. The van der Waals surface area contributed by atoms with Crippen LogP contribution in [-0.2, 0) is 33.3 Å². The second-order valence-corrected chi connectivity index (χ2v) is 9.81. The monoisotopic (exact) mass is 586 g/mol. The van der Waals surface area contributed by atoms with Gasteiger partial charge in [0.2, 0.25) is 11.8 Å². The van der Waals surface area contributed by atoms with Crippen molar-refractivity contribution in [2.45, 2.75) is 106 Å². The fourth-order valence-corrected chi connectivity index (χ4v) is 4.86. The van der Waals surface area contributed by atoms with Crippen LogP contribution in [-0.4, -0.2) is 170 Å². The molecule has 15 atom stereocenters. The summed E-state index contributed by atoms with van der Waals surface area (Å²) < 4.78 is 27.5. The fraction of sp³-hybridized carbons (Fsp3) is 0.909. The van der Waals surface area contributed by atoms with Crippen molar-refractivity contribution in [1.29, 1.82) is 0 Å². The topological polar surface area (TPSA) is 286 Å². The van der Waals surface area contributed by atoms with Crippen LogP contribution in [0.5, 0.6) is 0 Å². The minimum atomic E-state index is -1.95. The van der Waals surface area contributed by atoms with Gasteiger partial charge < -0.3 is 80.3 Å². The molecule has 0 radical (unpaired) electrons. The molecule has 40 heavy (non-hydrogen) atoms. The van der Waals surface area contributed by atoms with Crippen LogP contribution in [0.15, 0.2) is 0 Å². The van der Waals surface area contributed by atoms with Crippen LogP contribution in [0, 0.1) is 0 Å². The molecule has 2 amide bonds. The van der Waals surface area contributed by atoms with E-state index in [0.717, 1.165) is 13.8 Å². The summed E-state index contributed by atoms with van der Waals surface area (Å²) in [7, 11) is 0. The summed E-state index contributed by atoms with van der Waals surface area (Å²) >= 11 is 0. The summed E-state index contributed by atoms with van der Waals surface area (Å²) in [4.78, 5) is 23.3. The van der Waals surface area contributed by atoms with Crippen molar-refractivity contribution in [2.75, 3.05) is 19.8 Å². The van der Waals surface area contributed by atoms with Gasteiger partial charge in [0.05, 0.1) is 19.8 Å². The maximum atomic E-state index is 11.7. The zero-order valence-corrected chi connectivity index (χ0v) is 21.7. The predicted octanol–water partition coefficient (Wildman–Crippen LogP) is -7.29. The Morgan fingerprint density at radius 3 is 1.65 bits per heavy atom. The SMILES string of the molecule is CC(=O)N[C@@H]1[C@@H](O[C@@H]2O[C@H](CO)[C@@H](O[C@@H]3O[C@H](CO)[C@H](O)[C@H](O)[C@H]3NC(C)=O)[C@H](O)[C@H]2O)[C@@H](O)[C@@H](CO)O[C@H]1O. The number of amides is 2. The average molecular weight is 587 g/mol. The average Bonchev–Trinajstić information content (AvgIpc) is 2.90. The molecule has 3 saturated heterocycles. The Hall–Kier alpha value is -1.62. The molecule has 3 heterocycles. The Bertz CT molecular complexity index is 852. The highest BCUT2D eigenvalue weighted by Gasteiger charge is 2.54. The van der Waals surface area contributed by atoms with Gasteiger partial charge in [0.1, 0.15) is 73.1 Å². The van der Waals surface area contributed by atoms with E-state index in [0.29, 0.717) is 0 Å². The summed E-state index contributed by atoms with van der Waals surface area (Å²) in [6.45, 7) is -0.101. The Kier molecular flexibility index (Phi) is 11.5. The zero-order valence-electron chi connectivity index (χ0n) is 21.7. The lowest BCUT2D eigenvalue weighted by Crippen LogP contribution is -2.69. The Labute approximate surface area is 228 Å². The summed E-state index contributed by atoms with van der Waals surface area (Å²) in [6, 6.07) is -2.80. The molecule has 18 heteroatoms. The highest BCUT2D eigenvalue weighted by Crippen LogP contribution is 2.32. The molecular weight excluding hydrogens is 548 g/mol. The standard InChI is InChI=1S/C22H38N2O16/c1-6(28)23-11-15(32)13(30)8(3-25)37-21(11)39-18-10(5-27)38-22(17(34)16(18)33)40-19-12(24-7(2)29)20(35)36-9(4-26)14(19)31/h8-22,25-27,30-35H,3-5H2,1-2H3,(H,23,28)(H,24,29)/t8-,9-,10-,11-,12-,13+,14+,15-,16-,17-,18-,19-,20-,21+,22+/m1/s1. The van der Waals surface area contributed by atoms with Crippen LogP contribution in [0.1, 0.15) is 13.8 Å². The van der Waals surface area contributed by atoms with Crippen molar-refractivity contribution < 1.29 is 79.2 Å². The largest absolute Gasteiger partial charge is 0.394 e. The van der Waals surface area contributed by atoms with Gasteiger partial charge in [-0.25, -0.2) is 0 Å². The van der Waals surface area contributed by atoms with Crippen molar-refractivity contribution in [1.82, 2.24) is 10.6 Å². The smallest absolute Gasteiger partial charge is 0.217 e. The van der Waals surface area contributed by atoms with Crippen molar-refractivity contribution >= 4 is 11.8 Å². The van der Waals surface area contributed by atoms with Gasteiger partial charge in [-0.1, -0.05) is 0 Å². The van der Waals surface area contributed by atoms with Crippen LogP contribution in [0.4, 0.5) is 0 Å². The molecule has 3 rings (SSSR count). The molecule has 0 aromatic heterocycles. The van der Waals surface area contributed by atoms with Crippen LogP contribution in [0.3, 0.4) is 0 Å². The summed E-state index contributed by atoms with van der Waals surface area (Å²) in [5.41, 5.74) is 0. The zero-order chi connectivity index (χ0) is 29.9. The second kappa shape index (κ2) is 14.0. The van der Waals surface area contributed by atoms with E-state index in [1.807, 2.05) is 0 Å². The first kappa shape index (κ1) is 32.9. The van der Waals surface area contributed by atoms with E-state index in [1.165, 1.54) is 0 Å². The number of aliphatic hydroxyl groups is 9. The van der Waals surface area contributed by atoms with Gasteiger partial charge >= 0.3 is 0 Å². The molecule has 0 bridgehead atoms. The van der Waals surface area contributed by atoms with Crippen LogP contribution < -0.4 is 10.6 Å². The van der Waals surface area contributed by atoms with Crippen molar-refractivity contribution in [3.8, 4) is 0 Å². The van der Waals surface area contributed by atoms with Crippen molar-refractivity contribution in [2.24, 2.45) is 0 Å². The molecule has 0 spiro atoms.